The van der Waals surface area contributed by atoms with Crippen LogP contribution < -0.4 is 9.46 Å². The number of carbonyl (C=O) groups excluding carboxylic acids is 1. The van der Waals surface area contributed by atoms with Gasteiger partial charge in [0.1, 0.15) is 16.2 Å². The molecule has 0 saturated carbocycles. The van der Waals surface area contributed by atoms with Crippen LogP contribution in [0.4, 0.5) is 4.39 Å². The van der Waals surface area contributed by atoms with Crippen LogP contribution in [0.25, 0.3) is 0 Å². The summed E-state index contributed by atoms with van der Waals surface area (Å²) < 4.78 is 50.4. The number of hydrogen-bond acceptors (Lipinski definition) is 5. The molecule has 6 nitrogen and oxygen atoms in total. The Balaban J connectivity index is 2.26. The molecule has 0 atom stereocenters. The number of esters is 1. The third-order valence-corrected chi connectivity index (χ3v) is 5.05. The molecule has 0 aliphatic carbocycles. The van der Waals surface area contributed by atoms with Gasteiger partial charge in [-0.05, 0) is 29.8 Å². The number of hydrogen-bond donors (Lipinski definition) is 1. The number of ether oxygens (including phenoxy) is 2. The van der Waals surface area contributed by atoms with Crippen molar-refractivity contribution in [3.05, 3.63) is 58.4 Å². The fourth-order valence-electron chi connectivity index (χ4n) is 2.08. The lowest BCUT2D eigenvalue weighted by atomic mass is 10.1. The standard InChI is InChI=1S/C16H15ClFNO5S/c1-23-13-7-6-10(8-11(13)16(20)24-2)9-19-25(21,22)14-5-3-4-12(17)15(14)18/h3-8,19H,9H2,1-2H3. The largest absolute Gasteiger partial charge is 0.496 e. The molecule has 0 aromatic heterocycles. The highest BCUT2D eigenvalue weighted by Gasteiger charge is 2.21. The van der Waals surface area contributed by atoms with Gasteiger partial charge in [0.25, 0.3) is 0 Å². The molecule has 2 rings (SSSR count). The molecule has 0 bridgehead atoms. The summed E-state index contributed by atoms with van der Waals surface area (Å²) in [5, 5.41) is -0.291. The molecule has 2 aromatic rings. The fraction of sp³-hybridized carbons (Fsp3) is 0.188. The summed E-state index contributed by atoms with van der Waals surface area (Å²) in [5.74, 6) is -1.36. The minimum absolute atomic E-state index is 0.149. The van der Waals surface area contributed by atoms with Crippen molar-refractivity contribution in [2.45, 2.75) is 11.4 Å². The van der Waals surface area contributed by atoms with E-state index in [1.54, 1.807) is 6.07 Å². The molecule has 9 heteroatoms. The van der Waals surface area contributed by atoms with Gasteiger partial charge >= 0.3 is 5.97 Å². The van der Waals surface area contributed by atoms with Crippen molar-refractivity contribution in [3.8, 4) is 5.75 Å². The van der Waals surface area contributed by atoms with Crippen molar-refractivity contribution in [1.29, 1.82) is 0 Å². The Kier molecular flexibility index (Phi) is 5.99. The Bertz CT molecular complexity index is 901. The molecule has 0 amide bonds. The van der Waals surface area contributed by atoms with Crippen LogP contribution in [0.2, 0.25) is 5.02 Å². The first-order valence-electron chi connectivity index (χ1n) is 6.99. The maximum Gasteiger partial charge on any atom is 0.341 e. The molecule has 0 aliphatic heterocycles. The topological polar surface area (TPSA) is 81.7 Å². The molecular weight excluding hydrogens is 373 g/mol. The van der Waals surface area contributed by atoms with Crippen LogP contribution in [0.15, 0.2) is 41.3 Å². The van der Waals surface area contributed by atoms with Gasteiger partial charge in [-0.15, -0.1) is 0 Å². The Morgan fingerprint density at radius 1 is 1.24 bits per heavy atom. The van der Waals surface area contributed by atoms with Gasteiger partial charge in [0.2, 0.25) is 10.0 Å². The van der Waals surface area contributed by atoms with Crippen LogP contribution in [0, 0.1) is 5.82 Å². The number of carbonyl (C=O) groups is 1. The lowest BCUT2D eigenvalue weighted by Crippen LogP contribution is -2.24. The van der Waals surface area contributed by atoms with E-state index in [-0.39, 0.29) is 17.1 Å². The van der Waals surface area contributed by atoms with Crippen molar-refractivity contribution >= 4 is 27.6 Å². The number of sulfonamides is 1. The van der Waals surface area contributed by atoms with E-state index in [2.05, 4.69) is 9.46 Å². The van der Waals surface area contributed by atoms with Gasteiger partial charge < -0.3 is 9.47 Å². The Morgan fingerprint density at radius 2 is 1.96 bits per heavy atom. The highest BCUT2D eigenvalue weighted by atomic mass is 35.5. The number of benzene rings is 2. The van der Waals surface area contributed by atoms with Crippen molar-refractivity contribution in [3.63, 3.8) is 0 Å². The average molecular weight is 388 g/mol. The van der Waals surface area contributed by atoms with E-state index in [0.717, 1.165) is 6.07 Å². The number of halogens is 2. The molecule has 134 valence electrons. The maximum atomic E-state index is 13.9. The summed E-state index contributed by atoms with van der Waals surface area (Å²) in [6, 6.07) is 8.21. The summed E-state index contributed by atoms with van der Waals surface area (Å²) in [7, 11) is -1.51. The molecular formula is C16H15ClFNO5S. The summed E-state index contributed by atoms with van der Waals surface area (Å²) in [6.07, 6.45) is 0. The van der Waals surface area contributed by atoms with Gasteiger partial charge in [0.15, 0.2) is 5.82 Å². The molecule has 1 N–H and O–H groups in total. The monoisotopic (exact) mass is 387 g/mol. The van der Waals surface area contributed by atoms with Crippen molar-refractivity contribution in [2.75, 3.05) is 14.2 Å². The van der Waals surface area contributed by atoms with Crippen LogP contribution in [-0.2, 0) is 21.3 Å². The minimum atomic E-state index is -4.12. The molecule has 0 heterocycles. The average Bonchev–Trinajstić information content (AvgIpc) is 2.61. The van der Waals surface area contributed by atoms with Gasteiger partial charge in [-0.1, -0.05) is 23.7 Å². The van der Waals surface area contributed by atoms with E-state index in [0.29, 0.717) is 11.3 Å². The summed E-state index contributed by atoms with van der Waals surface area (Å²) in [6.45, 7) is -0.164. The first-order chi connectivity index (χ1) is 11.8. The second-order valence-corrected chi connectivity index (χ2v) is 7.05. The third kappa shape index (κ3) is 4.28. The first kappa shape index (κ1) is 19.2. The second-order valence-electron chi connectivity index (χ2n) is 4.90. The van der Waals surface area contributed by atoms with Crippen LogP contribution in [-0.4, -0.2) is 28.6 Å². The molecule has 0 aliphatic rings. The first-order valence-corrected chi connectivity index (χ1v) is 8.85. The summed E-state index contributed by atoms with van der Waals surface area (Å²) >= 11 is 5.61. The van der Waals surface area contributed by atoms with Crippen LogP contribution in [0.1, 0.15) is 15.9 Å². The smallest absolute Gasteiger partial charge is 0.341 e. The van der Waals surface area contributed by atoms with Crippen LogP contribution in [0.5, 0.6) is 5.75 Å². The predicted molar refractivity (Wildman–Crippen MR) is 89.8 cm³/mol. The van der Waals surface area contributed by atoms with E-state index in [1.165, 1.54) is 38.5 Å². The molecule has 2 aromatic carbocycles. The zero-order chi connectivity index (χ0) is 18.6. The van der Waals surface area contributed by atoms with Gasteiger partial charge in [-0.3, -0.25) is 0 Å². The van der Waals surface area contributed by atoms with E-state index < -0.39 is 26.7 Å². The van der Waals surface area contributed by atoms with E-state index in [9.17, 15) is 17.6 Å². The van der Waals surface area contributed by atoms with Gasteiger partial charge in [-0.25, -0.2) is 22.3 Å². The Morgan fingerprint density at radius 3 is 2.60 bits per heavy atom. The van der Waals surface area contributed by atoms with E-state index in [1.807, 2.05) is 0 Å². The highest BCUT2D eigenvalue weighted by Crippen LogP contribution is 2.23. The molecule has 0 unspecified atom stereocenters. The van der Waals surface area contributed by atoms with E-state index >= 15 is 0 Å². The van der Waals surface area contributed by atoms with Gasteiger partial charge in [0, 0.05) is 6.54 Å². The Hall–Kier alpha value is -2.16. The lowest BCUT2D eigenvalue weighted by Gasteiger charge is -2.11. The SMILES string of the molecule is COC(=O)c1cc(CNS(=O)(=O)c2cccc(Cl)c2F)ccc1OC. The molecule has 0 spiro atoms. The van der Waals surface area contributed by atoms with Crippen molar-refractivity contribution in [1.82, 2.24) is 4.72 Å². The summed E-state index contributed by atoms with van der Waals surface area (Å²) in [4.78, 5) is 11.2. The predicted octanol–water partition coefficient (Wildman–Crippen LogP) is 2.75. The second kappa shape index (κ2) is 7.81. The van der Waals surface area contributed by atoms with Crippen molar-refractivity contribution in [2.24, 2.45) is 0 Å². The van der Waals surface area contributed by atoms with Crippen LogP contribution >= 0.6 is 11.6 Å². The third-order valence-electron chi connectivity index (χ3n) is 3.34. The maximum absolute atomic E-state index is 13.9. The normalized spacial score (nSPS) is 11.2. The van der Waals surface area contributed by atoms with Crippen molar-refractivity contribution < 1.29 is 27.1 Å². The fourth-order valence-corrected chi connectivity index (χ4v) is 3.43. The Labute approximate surface area is 149 Å². The zero-order valence-electron chi connectivity index (χ0n) is 13.4. The van der Waals surface area contributed by atoms with E-state index in [4.69, 9.17) is 16.3 Å². The number of nitrogens with one attached hydrogen (secondary N) is 1. The van der Waals surface area contributed by atoms with Gasteiger partial charge in [0.05, 0.1) is 19.2 Å². The molecule has 0 saturated heterocycles. The quantitative estimate of drug-likeness (QED) is 0.771. The number of rotatable bonds is 6. The molecule has 0 radical (unpaired) electrons. The highest BCUT2D eigenvalue weighted by molar-refractivity contribution is 7.89. The lowest BCUT2D eigenvalue weighted by molar-refractivity contribution is 0.0597. The molecule has 25 heavy (non-hydrogen) atoms. The summed E-state index contributed by atoms with van der Waals surface area (Å²) in [5.41, 5.74) is 0.614. The van der Waals surface area contributed by atoms with Crippen LogP contribution in [0.3, 0.4) is 0 Å². The number of methoxy groups -OCH3 is 2. The minimum Gasteiger partial charge on any atom is -0.496 e. The zero-order valence-corrected chi connectivity index (χ0v) is 14.9. The van der Waals surface area contributed by atoms with Gasteiger partial charge in [-0.2, -0.15) is 0 Å². The molecule has 0 fully saturated rings.